The average Bonchev–Trinajstić information content (AvgIpc) is 2.84. The summed E-state index contributed by atoms with van der Waals surface area (Å²) in [5.41, 5.74) is 0.325. The first kappa shape index (κ1) is 12.9. The molecule has 0 radical (unpaired) electrons. The smallest absolute Gasteiger partial charge is 0.229 e. The number of carbonyl (C=O) groups is 2. The minimum atomic E-state index is -0.558. The molecular weight excluding hydrogens is 246 g/mol. The van der Waals surface area contributed by atoms with Crippen molar-refractivity contribution in [1.82, 2.24) is 4.90 Å². The van der Waals surface area contributed by atoms with E-state index in [4.69, 9.17) is 5.26 Å². The predicted octanol–water partition coefficient (Wildman–Crippen LogP) is 0.701. The molecule has 6 heteroatoms. The highest BCUT2D eigenvalue weighted by Crippen LogP contribution is 2.26. The molecule has 0 aliphatic carbocycles. The van der Waals surface area contributed by atoms with E-state index in [2.05, 4.69) is 5.32 Å². The van der Waals surface area contributed by atoms with Gasteiger partial charge in [-0.3, -0.25) is 9.59 Å². The number of hydrogen-bond donors (Lipinski definition) is 2. The second kappa shape index (κ2) is 5.40. The van der Waals surface area contributed by atoms with Gasteiger partial charge in [-0.25, -0.2) is 0 Å². The molecule has 2 unspecified atom stereocenters. The zero-order chi connectivity index (χ0) is 13.8. The van der Waals surface area contributed by atoms with Crippen molar-refractivity contribution in [2.24, 2.45) is 5.92 Å². The third-order valence-corrected chi connectivity index (χ3v) is 3.16. The Morgan fingerprint density at radius 1 is 1.53 bits per heavy atom. The molecule has 1 aliphatic rings. The van der Waals surface area contributed by atoms with E-state index in [9.17, 15) is 14.7 Å². The topological polar surface area (TPSA) is 93.4 Å². The quantitative estimate of drug-likeness (QED) is 0.617. The summed E-state index contributed by atoms with van der Waals surface area (Å²) in [6.07, 6.45) is 0.899. The van der Waals surface area contributed by atoms with Crippen LogP contribution in [0.15, 0.2) is 24.3 Å². The van der Waals surface area contributed by atoms with E-state index in [1.165, 1.54) is 11.0 Å². The number of aromatic hydroxyl groups is 1. The highest BCUT2D eigenvalue weighted by molar-refractivity contribution is 5.94. The monoisotopic (exact) mass is 259 g/mol. The van der Waals surface area contributed by atoms with E-state index >= 15 is 0 Å². The molecule has 2 rings (SSSR count). The zero-order valence-electron chi connectivity index (χ0n) is 10.1. The predicted molar refractivity (Wildman–Crippen MR) is 67.0 cm³/mol. The number of hydrogen-bond acceptors (Lipinski definition) is 4. The molecule has 1 fully saturated rings. The highest BCUT2D eigenvalue weighted by atomic mass is 16.3. The van der Waals surface area contributed by atoms with E-state index in [0.29, 0.717) is 18.5 Å². The first-order chi connectivity index (χ1) is 9.15. The van der Waals surface area contributed by atoms with Gasteiger partial charge in [-0.15, -0.1) is 0 Å². The maximum absolute atomic E-state index is 12.0. The number of likely N-dealkylation sites (tertiary alicyclic amines) is 1. The first-order valence-electron chi connectivity index (χ1n) is 5.85. The van der Waals surface area contributed by atoms with E-state index in [1.807, 2.05) is 6.07 Å². The highest BCUT2D eigenvalue weighted by Gasteiger charge is 2.35. The number of nitrogens with zero attached hydrogens (tertiary/aromatic N) is 2. The number of para-hydroxylation sites is 2. The van der Waals surface area contributed by atoms with Gasteiger partial charge in [0.25, 0.3) is 0 Å². The number of anilines is 1. The molecule has 98 valence electrons. The van der Waals surface area contributed by atoms with Crippen LogP contribution in [0.25, 0.3) is 0 Å². The van der Waals surface area contributed by atoms with Crippen LogP contribution in [0.3, 0.4) is 0 Å². The van der Waals surface area contributed by atoms with Crippen LogP contribution in [-0.2, 0) is 9.59 Å². The number of phenolic OH excluding ortho intramolecular Hbond substituents is 1. The van der Waals surface area contributed by atoms with Crippen LogP contribution in [0.5, 0.6) is 5.75 Å². The molecule has 1 saturated heterocycles. The minimum Gasteiger partial charge on any atom is -0.506 e. The van der Waals surface area contributed by atoms with Crippen LogP contribution in [0, 0.1) is 17.2 Å². The molecular formula is C13H13N3O3. The van der Waals surface area contributed by atoms with Gasteiger partial charge in [-0.1, -0.05) is 12.1 Å². The maximum atomic E-state index is 12.0. The van der Waals surface area contributed by atoms with Gasteiger partial charge in [0.05, 0.1) is 17.7 Å². The summed E-state index contributed by atoms with van der Waals surface area (Å²) in [6.45, 7) is 0.223. The molecule has 6 nitrogen and oxygen atoms in total. The maximum Gasteiger partial charge on any atom is 0.229 e. The molecule has 0 aromatic heterocycles. The van der Waals surface area contributed by atoms with Crippen molar-refractivity contribution >= 4 is 18.0 Å². The van der Waals surface area contributed by atoms with Crippen LogP contribution in [0.2, 0.25) is 0 Å². The average molecular weight is 259 g/mol. The second-order valence-electron chi connectivity index (χ2n) is 4.39. The van der Waals surface area contributed by atoms with Crippen molar-refractivity contribution in [3.8, 4) is 11.8 Å². The normalized spacial score (nSPS) is 21.7. The number of benzene rings is 1. The molecule has 19 heavy (non-hydrogen) atoms. The van der Waals surface area contributed by atoms with Gasteiger partial charge in [0.1, 0.15) is 11.8 Å². The Balaban J connectivity index is 2.04. The summed E-state index contributed by atoms with van der Waals surface area (Å²) in [7, 11) is 0. The van der Waals surface area contributed by atoms with E-state index in [1.54, 1.807) is 18.2 Å². The number of phenols is 1. The van der Waals surface area contributed by atoms with E-state index in [-0.39, 0.29) is 18.2 Å². The molecule has 1 heterocycles. The standard InChI is InChI=1S/C13H13N3O3/c14-6-10-5-9(7-16(10)8-17)13(19)15-11-3-1-2-4-12(11)18/h1-4,8-10,18H,5,7H2,(H,15,19). The molecule has 1 aliphatic heterocycles. The van der Waals surface area contributed by atoms with Crippen LogP contribution >= 0.6 is 0 Å². The molecule has 2 N–H and O–H groups in total. The van der Waals surface area contributed by atoms with Crippen LogP contribution < -0.4 is 5.32 Å². The summed E-state index contributed by atoms with van der Waals surface area (Å²) in [4.78, 5) is 24.1. The fourth-order valence-electron chi connectivity index (χ4n) is 2.11. The van der Waals surface area contributed by atoms with Crippen molar-refractivity contribution in [1.29, 1.82) is 5.26 Å². The lowest BCUT2D eigenvalue weighted by molar-refractivity contribution is -0.120. The molecule has 0 bridgehead atoms. The van der Waals surface area contributed by atoms with Crippen molar-refractivity contribution in [2.45, 2.75) is 12.5 Å². The van der Waals surface area contributed by atoms with Crippen molar-refractivity contribution in [2.75, 3.05) is 11.9 Å². The van der Waals surface area contributed by atoms with Gasteiger partial charge >= 0.3 is 0 Å². The number of carbonyl (C=O) groups excluding carboxylic acids is 2. The summed E-state index contributed by atoms with van der Waals surface area (Å²) in [6, 6.07) is 7.84. The van der Waals surface area contributed by atoms with Gasteiger partial charge in [-0.2, -0.15) is 5.26 Å². The number of amides is 2. The third kappa shape index (κ3) is 2.65. The van der Waals surface area contributed by atoms with Gasteiger partial charge in [0, 0.05) is 6.54 Å². The molecule has 1 aromatic carbocycles. The Hall–Kier alpha value is -2.55. The van der Waals surface area contributed by atoms with E-state index < -0.39 is 12.0 Å². The summed E-state index contributed by atoms with van der Waals surface area (Å²) >= 11 is 0. The lowest BCUT2D eigenvalue weighted by Crippen LogP contribution is -2.28. The Labute approximate surface area is 110 Å². The lowest BCUT2D eigenvalue weighted by Gasteiger charge is -2.12. The molecule has 0 spiro atoms. The largest absolute Gasteiger partial charge is 0.506 e. The zero-order valence-corrected chi connectivity index (χ0v) is 10.1. The van der Waals surface area contributed by atoms with Crippen LogP contribution in [-0.4, -0.2) is 34.9 Å². The summed E-state index contributed by atoms with van der Waals surface area (Å²) in [5.74, 6) is -0.751. The Kier molecular flexibility index (Phi) is 3.66. The molecule has 0 saturated carbocycles. The minimum absolute atomic E-state index is 0.0158. The van der Waals surface area contributed by atoms with Crippen molar-refractivity contribution in [3.63, 3.8) is 0 Å². The molecule has 2 amide bonds. The SMILES string of the molecule is N#CC1CC(C(=O)Nc2ccccc2O)CN1C=O. The number of nitriles is 1. The van der Waals surface area contributed by atoms with Gasteiger partial charge in [0.15, 0.2) is 0 Å². The Morgan fingerprint density at radius 3 is 2.84 bits per heavy atom. The summed E-state index contributed by atoms with van der Waals surface area (Å²) < 4.78 is 0. The lowest BCUT2D eigenvalue weighted by atomic mass is 10.1. The molecule has 1 aromatic rings. The van der Waals surface area contributed by atoms with Gasteiger partial charge in [0.2, 0.25) is 12.3 Å². The fourth-order valence-corrected chi connectivity index (χ4v) is 2.11. The Morgan fingerprint density at radius 2 is 2.26 bits per heavy atom. The van der Waals surface area contributed by atoms with E-state index in [0.717, 1.165) is 0 Å². The van der Waals surface area contributed by atoms with Gasteiger partial charge < -0.3 is 15.3 Å². The number of nitrogens with one attached hydrogen (secondary N) is 1. The molecule has 2 atom stereocenters. The Bertz CT molecular complexity index is 538. The second-order valence-corrected chi connectivity index (χ2v) is 4.39. The van der Waals surface area contributed by atoms with Gasteiger partial charge in [-0.05, 0) is 18.6 Å². The summed E-state index contributed by atoms with van der Waals surface area (Å²) in [5, 5.41) is 21.0. The van der Waals surface area contributed by atoms with Crippen LogP contribution in [0.4, 0.5) is 5.69 Å². The fraction of sp³-hybridized carbons (Fsp3) is 0.308. The first-order valence-corrected chi connectivity index (χ1v) is 5.85. The van der Waals surface area contributed by atoms with Crippen molar-refractivity contribution in [3.05, 3.63) is 24.3 Å². The van der Waals surface area contributed by atoms with Crippen molar-refractivity contribution < 1.29 is 14.7 Å². The van der Waals surface area contributed by atoms with Crippen LogP contribution in [0.1, 0.15) is 6.42 Å². The third-order valence-electron chi connectivity index (χ3n) is 3.16. The number of rotatable bonds is 3.